The van der Waals surface area contributed by atoms with E-state index in [1.165, 1.54) is 12.0 Å². The molecule has 0 saturated carbocycles. The maximum absolute atomic E-state index is 3.62. The highest BCUT2D eigenvalue weighted by Crippen LogP contribution is 2.06. The molecule has 0 heteroatoms. The van der Waals surface area contributed by atoms with Crippen molar-refractivity contribution in [2.45, 2.75) is 68.2 Å². The van der Waals surface area contributed by atoms with Crippen molar-refractivity contribution in [1.29, 1.82) is 0 Å². The van der Waals surface area contributed by atoms with Gasteiger partial charge >= 0.3 is 0 Å². The van der Waals surface area contributed by atoms with Gasteiger partial charge in [0.25, 0.3) is 0 Å². The van der Waals surface area contributed by atoms with Gasteiger partial charge in [0.2, 0.25) is 0 Å². The molecule has 108 valence electrons. The number of rotatable bonds is 5. The highest BCUT2D eigenvalue weighted by atomic mass is 13.9. The molecule has 0 unspecified atom stereocenters. The summed E-state index contributed by atoms with van der Waals surface area (Å²) >= 11 is 0. The largest absolute Gasteiger partial charge is 0.0991 e. The molecule has 0 atom stereocenters. The molecular formula is C18H36. The Morgan fingerprint density at radius 3 is 1.78 bits per heavy atom. The van der Waals surface area contributed by atoms with Gasteiger partial charge in [-0.25, -0.2) is 0 Å². The predicted octanol–water partition coefficient (Wildman–Crippen LogP) is 7.11. The summed E-state index contributed by atoms with van der Waals surface area (Å²) in [5.41, 5.74) is 1.37. The normalized spacial score (nSPS) is 9.67. The lowest BCUT2D eigenvalue weighted by Crippen LogP contribution is -1.75. The third-order valence-electron chi connectivity index (χ3n) is 1.48. The van der Waals surface area contributed by atoms with Gasteiger partial charge < -0.3 is 0 Å². The van der Waals surface area contributed by atoms with Gasteiger partial charge in [-0.3, -0.25) is 0 Å². The molecule has 0 aromatic heterocycles. The molecule has 0 fully saturated rings. The first-order valence-corrected chi connectivity index (χ1v) is 7.46. The Kier molecular flexibility index (Phi) is 51.5. The van der Waals surface area contributed by atoms with Crippen molar-refractivity contribution >= 4 is 0 Å². The predicted molar refractivity (Wildman–Crippen MR) is 91.2 cm³/mol. The average Bonchev–Trinajstić information content (AvgIpc) is 2.46. The zero-order valence-corrected chi connectivity index (χ0v) is 14.1. The second-order valence-electron chi connectivity index (χ2n) is 2.61. The molecule has 0 aromatic carbocycles. The summed E-state index contributed by atoms with van der Waals surface area (Å²) in [5, 5.41) is 0. The smallest absolute Gasteiger partial charge is 0.0282 e. The van der Waals surface area contributed by atoms with Crippen LogP contribution < -0.4 is 0 Å². The SMILES string of the molecule is C=C/C=C/C=C(/C=C/C)CCC.CC.CC.CC. The van der Waals surface area contributed by atoms with Crippen LogP contribution in [0.3, 0.4) is 0 Å². The Morgan fingerprint density at radius 1 is 0.944 bits per heavy atom. The van der Waals surface area contributed by atoms with E-state index >= 15 is 0 Å². The quantitative estimate of drug-likeness (QED) is 0.457. The van der Waals surface area contributed by atoms with E-state index in [0.29, 0.717) is 0 Å². The fraction of sp³-hybridized carbons (Fsp3) is 0.556. The van der Waals surface area contributed by atoms with Crippen molar-refractivity contribution in [2.24, 2.45) is 0 Å². The van der Waals surface area contributed by atoms with Crippen LogP contribution in [0.2, 0.25) is 0 Å². The van der Waals surface area contributed by atoms with Gasteiger partial charge in [-0.1, -0.05) is 97.9 Å². The van der Waals surface area contributed by atoms with Gasteiger partial charge in [0.1, 0.15) is 0 Å². The van der Waals surface area contributed by atoms with E-state index in [-0.39, 0.29) is 0 Å². The number of hydrogen-bond donors (Lipinski definition) is 0. The van der Waals surface area contributed by atoms with E-state index in [9.17, 15) is 0 Å². The highest BCUT2D eigenvalue weighted by Gasteiger charge is 1.86. The average molecular weight is 252 g/mol. The summed E-state index contributed by atoms with van der Waals surface area (Å²) in [6.45, 7) is 19.8. The lowest BCUT2D eigenvalue weighted by atomic mass is 10.1. The van der Waals surface area contributed by atoms with E-state index in [1.807, 2.05) is 60.6 Å². The van der Waals surface area contributed by atoms with Crippen molar-refractivity contribution < 1.29 is 0 Å². The molecule has 0 aliphatic rings. The molecule has 0 N–H and O–H groups in total. The van der Waals surface area contributed by atoms with Crippen LogP contribution in [0.4, 0.5) is 0 Å². The van der Waals surface area contributed by atoms with Crippen molar-refractivity contribution in [3.8, 4) is 0 Å². The van der Waals surface area contributed by atoms with Gasteiger partial charge in [0.05, 0.1) is 0 Å². The first kappa shape index (κ1) is 25.7. The first-order chi connectivity index (χ1) is 8.85. The molecule has 0 spiro atoms. The molecular weight excluding hydrogens is 216 g/mol. The van der Waals surface area contributed by atoms with Crippen LogP contribution >= 0.6 is 0 Å². The molecule has 18 heavy (non-hydrogen) atoms. The van der Waals surface area contributed by atoms with Crippen LogP contribution in [0.1, 0.15) is 68.2 Å². The second kappa shape index (κ2) is 36.0. The Hall–Kier alpha value is -1.04. The topological polar surface area (TPSA) is 0 Å². The van der Waals surface area contributed by atoms with Crippen LogP contribution in [0.25, 0.3) is 0 Å². The molecule has 0 heterocycles. The molecule has 0 nitrogen and oxygen atoms in total. The summed E-state index contributed by atoms with van der Waals surface area (Å²) in [6, 6.07) is 0. The van der Waals surface area contributed by atoms with Crippen LogP contribution in [-0.2, 0) is 0 Å². The third-order valence-corrected chi connectivity index (χ3v) is 1.48. The van der Waals surface area contributed by atoms with E-state index in [0.717, 1.165) is 6.42 Å². The van der Waals surface area contributed by atoms with Crippen LogP contribution in [0.15, 0.2) is 48.6 Å². The van der Waals surface area contributed by atoms with E-state index in [1.54, 1.807) is 6.08 Å². The molecule has 0 radical (unpaired) electrons. The Bertz CT molecular complexity index is 192. The fourth-order valence-corrected chi connectivity index (χ4v) is 0.983. The van der Waals surface area contributed by atoms with Crippen LogP contribution in [0, 0.1) is 0 Å². The minimum Gasteiger partial charge on any atom is -0.0991 e. The highest BCUT2D eigenvalue weighted by molar-refractivity contribution is 5.24. The van der Waals surface area contributed by atoms with Gasteiger partial charge in [-0.15, -0.1) is 0 Å². The zero-order chi connectivity index (χ0) is 15.2. The summed E-state index contributed by atoms with van der Waals surface area (Å²) < 4.78 is 0. The summed E-state index contributed by atoms with van der Waals surface area (Å²) in [4.78, 5) is 0. The summed E-state index contributed by atoms with van der Waals surface area (Å²) in [7, 11) is 0. The Labute approximate surface area is 117 Å². The molecule has 0 bridgehead atoms. The minimum atomic E-state index is 1.14. The number of hydrogen-bond acceptors (Lipinski definition) is 0. The monoisotopic (exact) mass is 252 g/mol. The summed E-state index contributed by atoms with van der Waals surface area (Å²) in [6.07, 6.45) is 14.4. The van der Waals surface area contributed by atoms with Crippen LogP contribution in [0.5, 0.6) is 0 Å². The lowest BCUT2D eigenvalue weighted by molar-refractivity contribution is 0.926. The van der Waals surface area contributed by atoms with Crippen molar-refractivity contribution in [3.05, 3.63) is 48.6 Å². The number of allylic oxidation sites excluding steroid dienone is 7. The Morgan fingerprint density at radius 2 is 1.44 bits per heavy atom. The molecule has 0 aliphatic carbocycles. The molecule has 0 aliphatic heterocycles. The molecule has 0 aromatic rings. The van der Waals surface area contributed by atoms with Crippen molar-refractivity contribution in [2.75, 3.05) is 0 Å². The van der Waals surface area contributed by atoms with E-state index in [4.69, 9.17) is 0 Å². The van der Waals surface area contributed by atoms with E-state index < -0.39 is 0 Å². The second-order valence-corrected chi connectivity index (χ2v) is 2.61. The Balaban J connectivity index is -0.000000141. The minimum absolute atomic E-state index is 1.14. The maximum Gasteiger partial charge on any atom is -0.0282 e. The van der Waals surface area contributed by atoms with Gasteiger partial charge in [-0.05, 0) is 18.9 Å². The van der Waals surface area contributed by atoms with Crippen molar-refractivity contribution in [3.63, 3.8) is 0 Å². The summed E-state index contributed by atoms with van der Waals surface area (Å²) in [5.74, 6) is 0. The molecule has 0 saturated heterocycles. The lowest BCUT2D eigenvalue weighted by Gasteiger charge is -1.95. The van der Waals surface area contributed by atoms with Crippen molar-refractivity contribution in [1.82, 2.24) is 0 Å². The molecule has 0 rings (SSSR count). The van der Waals surface area contributed by atoms with E-state index in [2.05, 4.69) is 31.7 Å². The first-order valence-electron chi connectivity index (χ1n) is 7.46. The van der Waals surface area contributed by atoms with Gasteiger partial charge in [0.15, 0.2) is 0 Å². The van der Waals surface area contributed by atoms with Gasteiger partial charge in [-0.2, -0.15) is 0 Å². The fourth-order valence-electron chi connectivity index (χ4n) is 0.983. The maximum atomic E-state index is 3.62. The molecule has 0 amide bonds. The van der Waals surface area contributed by atoms with Crippen LogP contribution in [-0.4, -0.2) is 0 Å². The van der Waals surface area contributed by atoms with Gasteiger partial charge in [0, 0.05) is 0 Å². The third kappa shape index (κ3) is 29.4. The zero-order valence-electron chi connectivity index (χ0n) is 14.1. The standard InChI is InChI=1S/C12H18.3C2H6/c1-4-7-8-11-12(9-5-2)10-6-3;3*1-2/h4-5,7-9,11H,1,6,10H2,2-3H3;3*1-2H3/b8-7+,9-5+,12-11-;;;.